The number of carbonyl (C=O) groups excluding carboxylic acids is 6. The van der Waals surface area contributed by atoms with Gasteiger partial charge in [0.25, 0.3) is 0 Å². The molecule has 0 unspecified atom stereocenters. The van der Waals surface area contributed by atoms with E-state index in [9.17, 15) is 28.8 Å². The van der Waals surface area contributed by atoms with Crippen LogP contribution in [0.4, 0.5) is 11.6 Å². The van der Waals surface area contributed by atoms with Crippen LogP contribution in [0.2, 0.25) is 5.15 Å². The van der Waals surface area contributed by atoms with Gasteiger partial charge in [0.2, 0.25) is 35.5 Å². The molecule has 0 aliphatic carbocycles. The number of aromatic nitrogens is 2. The number of halogens is 1. The van der Waals surface area contributed by atoms with Crippen molar-refractivity contribution in [2.75, 3.05) is 31.1 Å². The molecule has 0 radical (unpaired) electrons. The van der Waals surface area contributed by atoms with E-state index >= 15 is 0 Å². The highest BCUT2D eigenvalue weighted by atomic mass is 35.5. The Morgan fingerprint density at radius 2 is 1.48 bits per heavy atom. The molecule has 0 bridgehead atoms. The summed E-state index contributed by atoms with van der Waals surface area (Å²) in [7, 11) is 0. The number of nitrogens with two attached hydrogens (primary N) is 4. The second-order valence-electron chi connectivity index (χ2n) is 10.2. The highest BCUT2D eigenvalue weighted by Gasteiger charge is 2.28. The maximum Gasteiger partial charge on any atom is 0.302 e. The second-order valence-corrected chi connectivity index (χ2v) is 10.5. The predicted molar refractivity (Wildman–Crippen MR) is 168 cm³/mol. The van der Waals surface area contributed by atoms with Crippen molar-refractivity contribution in [3.8, 4) is 0 Å². The fourth-order valence-electron chi connectivity index (χ4n) is 3.77. The summed E-state index contributed by atoms with van der Waals surface area (Å²) in [4.78, 5) is 86.0. The molecular weight excluding hydrogens is 624 g/mol. The molecule has 0 aliphatic rings. The van der Waals surface area contributed by atoms with Gasteiger partial charge in [-0.1, -0.05) is 55.8 Å². The predicted octanol–water partition coefficient (Wildman–Crippen LogP) is -2.68. The van der Waals surface area contributed by atoms with Gasteiger partial charge >= 0.3 is 5.91 Å². The van der Waals surface area contributed by atoms with E-state index in [1.54, 1.807) is 30.3 Å². The number of nitrogen functional groups attached to an aromatic ring is 2. The minimum Gasteiger partial charge on any atom is -0.382 e. The van der Waals surface area contributed by atoms with Crippen LogP contribution in [-0.2, 0) is 30.4 Å². The number of guanidine groups is 1. The highest BCUT2D eigenvalue weighted by Crippen LogP contribution is 2.18. The first-order valence-corrected chi connectivity index (χ1v) is 14.2. The molecule has 0 saturated heterocycles. The molecule has 1 aromatic heterocycles. The molecule has 0 aliphatic heterocycles. The number of hydrogen-bond donors (Lipinski definition) is 9. The first kappa shape index (κ1) is 36.8. The molecule has 1 aromatic carbocycles. The zero-order chi connectivity index (χ0) is 34.4. The summed E-state index contributed by atoms with van der Waals surface area (Å²) < 4.78 is 0. The van der Waals surface area contributed by atoms with E-state index < -0.39 is 72.3 Å². The smallest absolute Gasteiger partial charge is 0.302 e. The molecule has 248 valence electrons. The van der Waals surface area contributed by atoms with Crippen LogP contribution in [0.15, 0.2) is 35.3 Å². The summed E-state index contributed by atoms with van der Waals surface area (Å²) in [5, 5.41) is 11.7. The van der Waals surface area contributed by atoms with Crippen molar-refractivity contribution in [1.82, 2.24) is 36.6 Å². The highest BCUT2D eigenvalue weighted by molar-refractivity contribution is 6.31. The molecule has 2 atom stereocenters. The van der Waals surface area contributed by atoms with Gasteiger partial charge < -0.3 is 44.2 Å². The van der Waals surface area contributed by atoms with Gasteiger partial charge in [0.1, 0.15) is 12.1 Å². The summed E-state index contributed by atoms with van der Waals surface area (Å²) in [5.74, 6) is -5.77. The van der Waals surface area contributed by atoms with Gasteiger partial charge in [-0.3, -0.25) is 34.1 Å². The number of hydrogen-bond acceptors (Lipinski definition) is 11. The standard InChI is InChI=1S/C27H37ClN12O6/c1-13(2)8-15(25(45)39-27(32)40-26(46)20-22(30)38-23(31)21(28)37-20)36-24(44)16(9-14-6-4-3-5-7-14)35-19(43)12-34-18(42)11-33-17(41)10-29/h3-7,13,15-16H,8-12,29H2,1-2H3,(H,33,41)(H,34,42)(H,35,43)(H,36,44)(H4,30,31,38)(H3,32,39,40,45,46)/t15-,16-/m0/s1. The van der Waals surface area contributed by atoms with Crippen molar-refractivity contribution >= 4 is 64.6 Å². The van der Waals surface area contributed by atoms with Crippen molar-refractivity contribution in [2.24, 2.45) is 22.4 Å². The summed E-state index contributed by atoms with van der Waals surface area (Å²) >= 11 is 5.80. The van der Waals surface area contributed by atoms with Gasteiger partial charge in [-0.25, -0.2) is 9.97 Å². The Balaban J connectivity index is 2.16. The van der Waals surface area contributed by atoms with Gasteiger partial charge in [0, 0.05) is 6.42 Å². The molecule has 0 saturated carbocycles. The Morgan fingerprint density at radius 3 is 2.11 bits per heavy atom. The van der Waals surface area contributed by atoms with Crippen LogP contribution in [0.25, 0.3) is 0 Å². The maximum atomic E-state index is 13.5. The van der Waals surface area contributed by atoms with E-state index in [1.807, 2.05) is 13.8 Å². The van der Waals surface area contributed by atoms with Crippen molar-refractivity contribution in [2.45, 2.75) is 38.8 Å². The minimum absolute atomic E-state index is 0.0413. The number of benzene rings is 1. The van der Waals surface area contributed by atoms with Gasteiger partial charge in [-0.05, 0) is 17.9 Å². The van der Waals surface area contributed by atoms with Gasteiger partial charge in [-0.2, -0.15) is 4.99 Å². The summed E-state index contributed by atoms with van der Waals surface area (Å²) in [6.07, 6.45) is 0.182. The third kappa shape index (κ3) is 12.3. The third-order valence-electron chi connectivity index (χ3n) is 5.93. The van der Waals surface area contributed by atoms with Gasteiger partial charge in [-0.15, -0.1) is 0 Å². The normalized spacial score (nSPS) is 12.4. The molecule has 19 heteroatoms. The number of amides is 6. The van der Waals surface area contributed by atoms with E-state index in [2.05, 4.69) is 41.5 Å². The molecule has 13 N–H and O–H groups in total. The Kier molecular flexibility index (Phi) is 14.3. The first-order chi connectivity index (χ1) is 21.7. The van der Waals surface area contributed by atoms with E-state index in [4.69, 9.17) is 34.5 Å². The largest absolute Gasteiger partial charge is 0.382 e. The van der Waals surface area contributed by atoms with Crippen LogP contribution >= 0.6 is 11.6 Å². The van der Waals surface area contributed by atoms with Crippen LogP contribution in [0, 0.1) is 5.92 Å². The van der Waals surface area contributed by atoms with E-state index in [1.165, 1.54) is 0 Å². The molecule has 2 rings (SSSR count). The Hall–Kier alpha value is -5.36. The molecule has 2 aromatic rings. The Labute approximate surface area is 268 Å². The topological polar surface area (TPSA) is 305 Å². The molecule has 18 nitrogen and oxygen atoms in total. The third-order valence-corrected chi connectivity index (χ3v) is 6.21. The van der Waals surface area contributed by atoms with Gasteiger partial charge in [0.05, 0.1) is 19.6 Å². The molecular formula is C27H37ClN12O6. The molecule has 1 heterocycles. The molecule has 46 heavy (non-hydrogen) atoms. The number of aliphatic imine (C=N–C) groups is 1. The van der Waals surface area contributed by atoms with Crippen molar-refractivity contribution in [1.29, 1.82) is 0 Å². The van der Waals surface area contributed by atoms with Crippen LogP contribution in [0.3, 0.4) is 0 Å². The SMILES string of the molecule is CC(C)C[C@H](NC(=O)[C@H](Cc1ccccc1)NC(=O)CNC(=O)CNC(=O)CN)C(=O)NC(N)=NC(=O)c1nc(Cl)c(N)nc1N. The van der Waals surface area contributed by atoms with E-state index in [0.717, 1.165) is 0 Å². The van der Waals surface area contributed by atoms with Crippen LogP contribution < -0.4 is 49.5 Å². The fraction of sp³-hybridized carbons (Fsp3) is 0.370. The van der Waals surface area contributed by atoms with E-state index in [-0.39, 0.29) is 42.1 Å². The number of anilines is 2. The lowest BCUT2D eigenvalue weighted by Crippen LogP contribution is -2.56. The molecule has 6 amide bonds. The van der Waals surface area contributed by atoms with Crippen molar-refractivity contribution < 1.29 is 28.8 Å². The molecule has 0 fully saturated rings. The van der Waals surface area contributed by atoms with E-state index in [0.29, 0.717) is 5.56 Å². The van der Waals surface area contributed by atoms with Crippen molar-refractivity contribution in [3.63, 3.8) is 0 Å². The summed E-state index contributed by atoms with van der Waals surface area (Å²) in [6, 6.07) is 6.41. The van der Waals surface area contributed by atoms with Crippen LogP contribution in [0.1, 0.15) is 36.3 Å². The zero-order valence-electron chi connectivity index (χ0n) is 25.1. The maximum absolute atomic E-state index is 13.5. The lowest BCUT2D eigenvalue weighted by molar-refractivity contribution is -0.132. The van der Waals surface area contributed by atoms with Crippen LogP contribution in [-0.4, -0.2) is 83.1 Å². The first-order valence-electron chi connectivity index (χ1n) is 13.8. The minimum atomic E-state index is -1.17. The Bertz CT molecular complexity index is 1470. The lowest BCUT2D eigenvalue weighted by Gasteiger charge is -2.24. The monoisotopic (exact) mass is 660 g/mol. The summed E-state index contributed by atoms with van der Waals surface area (Å²) in [5.41, 5.74) is 22.4. The number of nitrogens with zero attached hydrogens (tertiary/aromatic N) is 3. The number of carbonyl (C=O) groups is 6. The lowest BCUT2D eigenvalue weighted by atomic mass is 10.0. The quantitative estimate of drug-likeness (QED) is 0.0739. The summed E-state index contributed by atoms with van der Waals surface area (Å²) in [6.45, 7) is 2.42. The number of nitrogens with one attached hydrogen (secondary N) is 5. The Morgan fingerprint density at radius 1 is 0.848 bits per heavy atom. The average molecular weight is 661 g/mol. The average Bonchev–Trinajstić information content (AvgIpc) is 2.99. The molecule has 0 spiro atoms. The van der Waals surface area contributed by atoms with Crippen LogP contribution in [0.5, 0.6) is 0 Å². The number of rotatable bonds is 14. The van der Waals surface area contributed by atoms with Gasteiger partial charge in [0.15, 0.2) is 22.5 Å². The second kappa shape index (κ2) is 17.8. The fourth-order valence-corrected chi connectivity index (χ4v) is 3.90. The zero-order valence-corrected chi connectivity index (χ0v) is 25.9. The van der Waals surface area contributed by atoms with Crippen molar-refractivity contribution in [3.05, 3.63) is 46.7 Å².